The van der Waals surface area contributed by atoms with Crippen LogP contribution in [0.15, 0.2) is 72.2 Å². The lowest BCUT2D eigenvalue weighted by molar-refractivity contribution is 0.0952. The van der Waals surface area contributed by atoms with E-state index in [2.05, 4.69) is 33.9 Å². The number of rotatable bonds is 5. The molecule has 2 aromatic carbocycles. The number of hydrogen-bond donors (Lipinski definition) is 2. The van der Waals surface area contributed by atoms with E-state index in [1.807, 2.05) is 36.5 Å². The highest BCUT2D eigenvalue weighted by Crippen LogP contribution is 2.33. The third-order valence-electron chi connectivity index (χ3n) is 4.47. The number of para-hydroxylation sites is 1. The Hall–Kier alpha value is -2.56. The fourth-order valence-corrected chi connectivity index (χ4v) is 4.24. The van der Waals surface area contributed by atoms with Crippen molar-refractivity contribution in [2.75, 3.05) is 6.54 Å². The number of fused-ring (bicyclic) bond motifs is 1. The molecule has 2 N–H and O–H groups in total. The lowest BCUT2D eigenvalue weighted by Crippen LogP contribution is -2.28. The molecule has 130 valence electrons. The summed E-state index contributed by atoms with van der Waals surface area (Å²) in [4.78, 5) is 17.1. The molecule has 0 radical (unpaired) electrons. The van der Waals surface area contributed by atoms with Crippen molar-refractivity contribution in [3.05, 3.63) is 93.3 Å². The van der Waals surface area contributed by atoms with Gasteiger partial charge in [-0.3, -0.25) is 4.79 Å². The van der Waals surface area contributed by atoms with Crippen LogP contribution in [0.5, 0.6) is 0 Å². The zero-order valence-corrected chi connectivity index (χ0v) is 15.5. The maximum Gasteiger partial charge on any atom is 0.252 e. The standard InChI is InChI=1S/C21H17ClN2OS/c22-18-8-3-1-7-15(18)21(25)24-13-17(20-10-5-11-26-20)16-12-23-19-9-4-2-6-14(16)19/h1-12,17,23H,13H2,(H,24,25). The van der Waals surface area contributed by atoms with Gasteiger partial charge in [0, 0.05) is 34.4 Å². The molecule has 4 aromatic rings. The van der Waals surface area contributed by atoms with E-state index >= 15 is 0 Å². The predicted molar refractivity (Wildman–Crippen MR) is 108 cm³/mol. The Morgan fingerprint density at radius 2 is 1.88 bits per heavy atom. The van der Waals surface area contributed by atoms with Crippen LogP contribution in [0.25, 0.3) is 10.9 Å². The van der Waals surface area contributed by atoms with E-state index in [-0.39, 0.29) is 11.8 Å². The van der Waals surface area contributed by atoms with Crippen molar-refractivity contribution in [2.24, 2.45) is 0 Å². The number of amides is 1. The van der Waals surface area contributed by atoms with Crippen LogP contribution in [0.4, 0.5) is 0 Å². The number of hydrogen-bond acceptors (Lipinski definition) is 2. The van der Waals surface area contributed by atoms with Crippen LogP contribution in [0, 0.1) is 0 Å². The Morgan fingerprint density at radius 3 is 2.69 bits per heavy atom. The van der Waals surface area contributed by atoms with Gasteiger partial charge < -0.3 is 10.3 Å². The van der Waals surface area contributed by atoms with Crippen LogP contribution >= 0.6 is 22.9 Å². The van der Waals surface area contributed by atoms with Crippen molar-refractivity contribution in [2.45, 2.75) is 5.92 Å². The van der Waals surface area contributed by atoms with Crippen molar-refractivity contribution in [3.8, 4) is 0 Å². The third-order valence-corrected chi connectivity index (χ3v) is 5.78. The number of benzene rings is 2. The number of H-pyrrole nitrogens is 1. The zero-order valence-electron chi connectivity index (χ0n) is 13.9. The molecule has 2 aromatic heterocycles. The minimum Gasteiger partial charge on any atom is -0.361 e. The van der Waals surface area contributed by atoms with Gasteiger partial charge in [-0.15, -0.1) is 11.3 Å². The molecule has 0 fully saturated rings. The van der Waals surface area contributed by atoms with E-state index in [1.54, 1.807) is 23.5 Å². The van der Waals surface area contributed by atoms with Crippen LogP contribution in [0.3, 0.4) is 0 Å². The molecule has 0 saturated carbocycles. The summed E-state index contributed by atoms with van der Waals surface area (Å²) in [5, 5.41) is 6.75. The van der Waals surface area contributed by atoms with Crippen molar-refractivity contribution in [1.82, 2.24) is 10.3 Å². The van der Waals surface area contributed by atoms with Crippen molar-refractivity contribution in [3.63, 3.8) is 0 Å². The van der Waals surface area contributed by atoms with Gasteiger partial charge in [-0.1, -0.05) is 48.0 Å². The highest BCUT2D eigenvalue weighted by atomic mass is 35.5. The second kappa shape index (κ2) is 7.36. The van der Waals surface area contributed by atoms with Crippen LogP contribution in [-0.2, 0) is 0 Å². The molecule has 0 aliphatic carbocycles. The number of thiophene rings is 1. The highest BCUT2D eigenvalue weighted by Gasteiger charge is 2.20. The zero-order chi connectivity index (χ0) is 17.9. The maximum absolute atomic E-state index is 12.6. The smallest absolute Gasteiger partial charge is 0.252 e. The molecule has 3 nitrogen and oxygen atoms in total. The SMILES string of the molecule is O=C(NCC(c1cccs1)c1c[nH]c2ccccc12)c1ccccc1Cl. The summed E-state index contributed by atoms with van der Waals surface area (Å²) in [7, 11) is 0. The third kappa shape index (κ3) is 3.26. The molecule has 2 heterocycles. The summed E-state index contributed by atoms with van der Waals surface area (Å²) in [6, 6.07) is 19.5. The first-order valence-electron chi connectivity index (χ1n) is 8.36. The quantitative estimate of drug-likeness (QED) is 0.475. The topological polar surface area (TPSA) is 44.9 Å². The monoisotopic (exact) mass is 380 g/mol. The number of aromatic nitrogens is 1. The van der Waals surface area contributed by atoms with Gasteiger partial charge in [0.1, 0.15) is 0 Å². The average molecular weight is 381 g/mol. The van der Waals surface area contributed by atoms with Crippen LogP contribution in [0.2, 0.25) is 5.02 Å². The molecule has 4 rings (SSSR count). The maximum atomic E-state index is 12.6. The molecule has 0 aliphatic rings. The molecule has 0 spiro atoms. The van der Waals surface area contributed by atoms with Gasteiger partial charge >= 0.3 is 0 Å². The first-order chi connectivity index (χ1) is 12.7. The second-order valence-corrected chi connectivity index (χ2v) is 7.43. The Labute approximate surface area is 160 Å². The first-order valence-corrected chi connectivity index (χ1v) is 9.62. The summed E-state index contributed by atoms with van der Waals surface area (Å²) in [6.45, 7) is 0.506. The molecular formula is C21H17ClN2OS. The van der Waals surface area contributed by atoms with Gasteiger partial charge in [0.2, 0.25) is 0 Å². The molecule has 1 unspecified atom stereocenters. The summed E-state index contributed by atoms with van der Waals surface area (Å²) in [6.07, 6.45) is 2.04. The minimum atomic E-state index is -0.156. The summed E-state index contributed by atoms with van der Waals surface area (Å²) in [5.74, 6) is -0.0745. The fourth-order valence-electron chi connectivity index (χ4n) is 3.17. The Kier molecular flexibility index (Phi) is 4.78. The second-order valence-electron chi connectivity index (χ2n) is 6.05. The highest BCUT2D eigenvalue weighted by molar-refractivity contribution is 7.10. The molecule has 1 amide bonds. The number of carbonyl (C=O) groups excluding carboxylic acids is 1. The van der Waals surface area contributed by atoms with E-state index < -0.39 is 0 Å². The number of halogens is 1. The van der Waals surface area contributed by atoms with E-state index in [1.165, 1.54) is 15.8 Å². The van der Waals surface area contributed by atoms with E-state index in [9.17, 15) is 4.79 Å². The molecule has 1 atom stereocenters. The largest absolute Gasteiger partial charge is 0.361 e. The summed E-state index contributed by atoms with van der Waals surface area (Å²) < 4.78 is 0. The van der Waals surface area contributed by atoms with E-state index in [0.717, 1.165) is 5.52 Å². The van der Waals surface area contributed by atoms with Crippen LogP contribution < -0.4 is 5.32 Å². The predicted octanol–water partition coefficient (Wildman–Crippen LogP) is 5.44. The average Bonchev–Trinajstić information content (AvgIpc) is 3.33. The van der Waals surface area contributed by atoms with Crippen molar-refractivity contribution in [1.29, 1.82) is 0 Å². The molecule has 0 saturated heterocycles. The van der Waals surface area contributed by atoms with Gasteiger partial charge in [-0.25, -0.2) is 0 Å². The number of aromatic amines is 1. The summed E-state index contributed by atoms with van der Waals surface area (Å²) >= 11 is 7.85. The number of nitrogens with one attached hydrogen (secondary N) is 2. The first kappa shape index (κ1) is 16.9. The molecular weight excluding hydrogens is 364 g/mol. The van der Waals surface area contributed by atoms with Gasteiger partial charge in [-0.05, 0) is 35.2 Å². The lowest BCUT2D eigenvalue weighted by Gasteiger charge is -2.16. The van der Waals surface area contributed by atoms with E-state index in [4.69, 9.17) is 11.6 Å². The fraction of sp³-hybridized carbons (Fsp3) is 0.0952. The Balaban J connectivity index is 1.63. The molecule has 5 heteroatoms. The Morgan fingerprint density at radius 1 is 1.08 bits per heavy atom. The minimum absolute atomic E-state index is 0.0811. The summed E-state index contributed by atoms with van der Waals surface area (Å²) in [5.41, 5.74) is 2.78. The van der Waals surface area contributed by atoms with Crippen LogP contribution in [-0.4, -0.2) is 17.4 Å². The molecule has 0 bridgehead atoms. The van der Waals surface area contributed by atoms with Gasteiger partial charge in [0.05, 0.1) is 10.6 Å². The van der Waals surface area contributed by atoms with E-state index in [0.29, 0.717) is 17.1 Å². The van der Waals surface area contributed by atoms with Gasteiger partial charge in [0.25, 0.3) is 5.91 Å². The lowest BCUT2D eigenvalue weighted by atomic mass is 9.96. The van der Waals surface area contributed by atoms with Crippen LogP contribution in [0.1, 0.15) is 26.7 Å². The van der Waals surface area contributed by atoms with Gasteiger partial charge in [0.15, 0.2) is 0 Å². The molecule has 26 heavy (non-hydrogen) atoms. The molecule has 0 aliphatic heterocycles. The van der Waals surface area contributed by atoms with Gasteiger partial charge in [-0.2, -0.15) is 0 Å². The van der Waals surface area contributed by atoms with Crippen molar-refractivity contribution >= 4 is 39.7 Å². The normalized spacial score (nSPS) is 12.2. The number of carbonyl (C=O) groups is 1. The van der Waals surface area contributed by atoms with Crippen molar-refractivity contribution < 1.29 is 4.79 Å². The Bertz CT molecular complexity index is 1040.